The summed E-state index contributed by atoms with van der Waals surface area (Å²) in [5.74, 6) is -0.352. The molecular formula is C24H29F3N4O2. The Bertz CT molecular complexity index is 912. The van der Waals surface area contributed by atoms with Crippen molar-refractivity contribution in [3.05, 3.63) is 65.7 Å². The molecule has 0 atom stereocenters. The molecule has 0 radical (unpaired) electrons. The maximum absolute atomic E-state index is 12.7. The van der Waals surface area contributed by atoms with Crippen LogP contribution in [0.1, 0.15) is 22.3 Å². The Morgan fingerprint density at radius 3 is 2.21 bits per heavy atom. The second-order valence-electron chi connectivity index (χ2n) is 8.10. The largest absolute Gasteiger partial charge is 0.416 e. The number of alkyl halides is 3. The second kappa shape index (κ2) is 11.2. The summed E-state index contributed by atoms with van der Waals surface area (Å²) in [6.07, 6.45) is -3.60. The maximum Gasteiger partial charge on any atom is 0.416 e. The average molecular weight is 463 g/mol. The van der Waals surface area contributed by atoms with Crippen molar-refractivity contribution in [3.63, 3.8) is 0 Å². The summed E-state index contributed by atoms with van der Waals surface area (Å²) in [6.45, 7) is 3.60. The SMILES string of the molecule is CN(CCCNC(=O)CN1CCN(C(=O)c2ccc(C(F)(F)F)cc2)CC1)c1ccccc1. The molecule has 1 fully saturated rings. The minimum atomic E-state index is -4.43. The lowest BCUT2D eigenvalue weighted by Gasteiger charge is -2.34. The molecular weight excluding hydrogens is 433 g/mol. The lowest BCUT2D eigenvalue weighted by atomic mass is 10.1. The number of carbonyl (C=O) groups is 2. The van der Waals surface area contributed by atoms with Gasteiger partial charge in [0, 0.05) is 57.6 Å². The van der Waals surface area contributed by atoms with Gasteiger partial charge in [-0.1, -0.05) is 18.2 Å². The number of nitrogens with one attached hydrogen (secondary N) is 1. The van der Waals surface area contributed by atoms with Crippen LogP contribution in [-0.2, 0) is 11.0 Å². The van der Waals surface area contributed by atoms with Crippen molar-refractivity contribution in [2.24, 2.45) is 0 Å². The van der Waals surface area contributed by atoms with Gasteiger partial charge in [-0.15, -0.1) is 0 Å². The number of carbonyl (C=O) groups excluding carboxylic acids is 2. The first kappa shape index (κ1) is 24.6. The fraction of sp³-hybridized carbons (Fsp3) is 0.417. The van der Waals surface area contributed by atoms with Gasteiger partial charge in [0.1, 0.15) is 0 Å². The van der Waals surface area contributed by atoms with Gasteiger partial charge in [0.05, 0.1) is 12.1 Å². The van der Waals surface area contributed by atoms with Crippen LogP contribution < -0.4 is 10.2 Å². The van der Waals surface area contributed by atoms with Gasteiger partial charge in [0.25, 0.3) is 5.91 Å². The zero-order valence-corrected chi connectivity index (χ0v) is 18.6. The van der Waals surface area contributed by atoms with Gasteiger partial charge in [0.15, 0.2) is 0 Å². The molecule has 0 aliphatic carbocycles. The first-order valence-electron chi connectivity index (χ1n) is 11.0. The summed E-state index contributed by atoms with van der Waals surface area (Å²) in [7, 11) is 2.02. The molecule has 1 heterocycles. The Balaban J connectivity index is 1.35. The molecule has 1 saturated heterocycles. The molecule has 0 unspecified atom stereocenters. The van der Waals surface area contributed by atoms with Gasteiger partial charge in [-0.05, 0) is 42.8 Å². The van der Waals surface area contributed by atoms with Crippen LogP contribution in [0.2, 0.25) is 0 Å². The normalized spacial score (nSPS) is 14.7. The smallest absolute Gasteiger partial charge is 0.375 e. The summed E-state index contributed by atoms with van der Waals surface area (Å²) in [5, 5.41) is 2.93. The highest BCUT2D eigenvalue weighted by Gasteiger charge is 2.30. The quantitative estimate of drug-likeness (QED) is 0.613. The summed E-state index contributed by atoms with van der Waals surface area (Å²) < 4.78 is 38.1. The number of hydrogen-bond donors (Lipinski definition) is 1. The predicted octanol–water partition coefficient (Wildman–Crippen LogP) is 3.11. The molecule has 178 valence electrons. The van der Waals surface area contributed by atoms with E-state index in [1.807, 2.05) is 42.3 Å². The van der Waals surface area contributed by atoms with Crippen LogP contribution >= 0.6 is 0 Å². The highest BCUT2D eigenvalue weighted by atomic mass is 19.4. The molecule has 1 aliphatic rings. The molecule has 2 amide bonds. The van der Waals surface area contributed by atoms with Crippen molar-refractivity contribution < 1.29 is 22.8 Å². The maximum atomic E-state index is 12.7. The Morgan fingerprint density at radius 2 is 1.61 bits per heavy atom. The van der Waals surface area contributed by atoms with Crippen molar-refractivity contribution >= 4 is 17.5 Å². The molecule has 6 nitrogen and oxygen atoms in total. The van der Waals surface area contributed by atoms with Gasteiger partial charge in [-0.3, -0.25) is 14.5 Å². The van der Waals surface area contributed by atoms with Crippen LogP contribution in [0.3, 0.4) is 0 Å². The molecule has 9 heteroatoms. The first-order chi connectivity index (χ1) is 15.7. The van der Waals surface area contributed by atoms with Crippen LogP contribution in [0, 0.1) is 0 Å². The third kappa shape index (κ3) is 7.21. The van der Waals surface area contributed by atoms with Crippen LogP contribution in [-0.4, -0.2) is 74.5 Å². The number of rotatable bonds is 8. The number of para-hydroxylation sites is 1. The highest BCUT2D eigenvalue weighted by molar-refractivity contribution is 5.94. The number of anilines is 1. The van der Waals surface area contributed by atoms with E-state index >= 15 is 0 Å². The Labute approximate surface area is 192 Å². The second-order valence-corrected chi connectivity index (χ2v) is 8.10. The van der Waals surface area contributed by atoms with Crippen molar-refractivity contribution in [1.29, 1.82) is 0 Å². The van der Waals surface area contributed by atoms with E-state index in [4.69, 9.17) is 0 Å². The van der Waals surface area contributed by atoms with E-state index in [0.29, 0.717) is 32.7 Å². The zero-order chi connectivity index (χ0) is 23.8. The first-order valence-corrected chi connectivity index (χ1v) is 11.0. The molecule has 1 aliphatic heterocycles. The monoisotopic (exact) mass is 462 g/mol. The molecule has 2 aromatic rings. The van der Waals surface area contributed by atoms with Crippen LogP contribution in [0.4, 0.5) is 18.9 Å². The third-order valence-corrected chi connectivity index (χ3v) is 5.68. The predicted molar refractivity (Wildman–Crippen MR) is 121 cm³/mol. The molecule has 0 saturated carbocycles. The standard InChI is InChI=1S/C24H29F3N4O2/c1-29(21-6-3-2-4-7-21)13-5-12-28-22(32)18-30-14-16-31(17-15-30)23(33)19-8-10-20(11-9-19)24(25,26)27/h2-4,6-11H,5,12-18H2,1H3,(H,28,32). The van der Waals surface area contributed by atoms with Gasteiger partial charge in [0.2, 0.25) is 5.91 Å². The highest BCUT2D eigenvalue weighted by Crippen LogP contribution is 2.29. The number of piperazine rings is 1. The molecule has 33 heavy (non-hydrogen) atoms. The lowest BCUT2D eigenvalue weighted by Crippen LogP contribution is -2.51. The van der Waals surface area contributed by atoms with Crippen LogP contribution in [0.25, 0.3) is 0 Å². The van der Waals surface area contributed by atoms with Crippen molar-refractivity contribution in [3.8, 4) is 0 Å². The molecule has 1 N–H and O–H groups in total. The number of amides is 2. The van der Waals surface area contributed by atoms with Gasteiger partial charge >= 0.3 is 6.18 Å². The van der Waals surface area contributed by atoms with Gasteiger partial charge < -0.3 is 15.1 Å². The lowest BCUT2D eigenvalue weighted by molar-refractivity contribution is -0.137. The zero-order valence-electron chi connectivity index (χ0n) is 18.6. The summed E-state index contributed by atoms with van der Waals surface area (Å²) in [6, 6.07) is 14.3. The van der Waals surface area contributed by atoms with E-state index in [-0.39, 0.29) is 23.9 Å². The Morgan fingerprint density at radius 1 is 0.970 bits per heavy atom. The van der Waals surface area contributed by atoms with E-state index < -0.39 is 11.7 Å². The van der Waals surface area contributed by atoms with Crippen molar-refractivity contribution in [2.75, 3.05) is 57.8 Å². The molecule has 0 bridgehead atoms. The molecule has 2 aromatic carbocycles. The third-order valence-electron chi connectivity index (χ3n) is 5.68. The minimum Gasteiger partial charge on any atom is -0.375 e. The molecule has 3 rings (SSSR count). The van der Waals surface area contributed by atoms with E-state index in [0.717, 1.165) is 30.8 Å². The number of halogens is 3. The molecule has 0 spiro atoms. The summed E-state index contributed by atoms with van der Waals surface area (Å²) in [4.78, 5) is 30.5. The summed E-state index contributed by atoms with van der Waals surface area (Å²) >= 11 is 0. The van der Waals surface area contributed by atoms with E-state index in [9.17, 15) is 22.8 Å². The van der Waals surface area contributed by atoms with E-state index in [1.165, 1.54) is 12.1 Å². The average Bonchev–Trinajstić information content (AvgIpc) is 2.82. The molecule has 0 aromatic heterocycles. The van der Waals surface area contributed by atoms with E-state index in [2.05, 4.69) is 10.2 Å². The minimum absolute atomic E-state index is 0.0557. The summed E-state index contributed by atoms with van der Waals surface area (Å²) in [5.41, 5.74) is 0.587. The van der Waals surface area contributed by atoms with Crippen LogP contribution in [0.15, 0.2) is 54.6 Å². The number of hydrogen-bond acceptors (Lipinski definition) is 4. The van der Waals surface area contributed by atoms with E-state index in [1.54, 1.807) is 4.90 Å². The fourth-order valence-corrected chi connectivity index (χ4v) is 3.71. The number of nitrogens with zero attached hydrogens (tertiary/aromatic N) is 3. The van der Waals surface area contributed by atoms with Crippen molar-refractivity contribution in [2.45, 2.75) is 12.6 Å². The fourth-order valence-electron chi connectivity index (χ4n) is 3.71. The topological polar surface area (TPSA) is 55.9 Å². The Kier molecular flexibility index (Phi) is 8.32. The van der Waals surface area contributed by atoms with Gasteiger partial charge in [-0.25, -0.2) is 0 Å². The van der Waals surface area contributed by atoms with Gasteiger partial charge in [-0.2, -0.15) is 13.2 Å². The van der Waals surface area contributed by atoms with Crippen LogP contribution in [0.5, 0.6) is 0 Å². The van der Waals surface area contributed by atoms with Crippen molar-refractivity contribution in [1.82, 2.24) is 15.1 Å². The Hall–Kier alpha value is -3.07. The number of benzene rings is 2.